The molecule has 19 heavy (non-hydrogen) atoms. The maximum Gasteiger partial charge on any atom is 0.410 e. The molecule has 1 aromatic heterocycles. The topological polar surface area (TPSA) is 79.7 Å². The molecule has 0 aliphatic carbocycles. The van der Waals surface area contributed by atoms with Crippen molar-refractivity contribution >= 4 is 23.4 Å². The summed E-state index contributed by atoms with van der Waals surface area (Å²) in [5.74, 6) is -1.05. The quantitative estimate of drug-likeness (QED) is 0.857. The molecule has 0 bridgehead atoms. The van der Waals surface area contributed by atoms with Crippen LogP contribution in [0.5, 0.6) is 0 Å². The molecule has 1 amide bonds. The molecule has 2 heterocycles. The molecular weight excluding hydrogens is 268 g/mol. The lowest BCUT2D eigenvalue weighted by molar-refractivity contribution is 0.0691. The summed E-state index contributed by atoms with van der Waals surface area (Å²) in [6.45, 7) is 4.25. The number of rotatable bonds is 4. The van der Waals surface area contributed by atoms with Crippen molar-refractivity contribution in [1.29, 1.82) is 0 Å². The summed E-state index contributed by atoms with van der Waals surface area (Å²) in [6, 6.07) is -0.185. The van der Waals surface area contributed by atoms with Crippen LogP contribution in [0, 0.1) is 0 Å². The Hall–Kier alpha value is -1.89. The van der Waals surface area contributed by atoms with Gasteiger partial charge < -0.3 is 9.84 Å². The largest absolute Gasteiger partial charge is 0.476 e. The predicted molar refractivity (Wildman–Crippen MR) is 69.3 cm³/mol. The second-order valence-electron chi connectivity index (χ2n) is 4.09. The molecular formula is C12H14N2O4S. The highest BCUT2D eigenvalue weighted by molar-refractivity contribution is 7.09. The number of carbonyl (C=O) groups is 2. The van der Waals surface area contributed by atoms with Gasteiger partial charge in [-0.3, -0.25) is 4.90 Å². The van der Waals surface area contributed by atoms with Crippen LogP contribution in [0.15, 0.2) is 18.0 Å². The van der Waals surface area contributed by atoms with Gasteiger partial charge in [-0.15, -0.1) is 11.3 Å². The summed E-state index contributed by atoms with van der Waals surface area (Å²) in [4.78, 5) is 28.3. The van der Waals surface area contributed by atoms with E-state index in [0.29, 0.717) is 11.6 Å². The van der Waals surface area contributed by atoms with Crippen molar-refractivity contribution in [2.24, 2.45) is 0 Å². The second-order valence-corrected chi connectivity index (χ2v) is 4.98. The van der Waals surface area contributed by atoms with Crippen LogP contribution in [0.1, 0.15) is 34.4 Å². The number of thiazole rings is 1. The van der Waals surface area contributed by atoms with Crippen molar-refractivity contribution in [3.05, 3.63) is 28.7 Å². The number of ether oxygens (including phenoxy) is 1. The summed E-state index contributed by atoms with van der Waals surface area (Å²) in [5.41, 5.74) is 0.0197. The van der Waals surface area contributed by atoms with Gasteiger partial charge in [-0.05, 0) is 12.8 Å². The van der Waals surface area contributed by atoms with E-state index in [1.54, 1.807) is 4.90 Å². The minimum Gasteiger partial charge on any atom is -0.476 e. The maximum atomic E-state index is 11.8. The molecule has 0 aromatic carbocycles. The number of hydrogen-bond donors (Lipinski definition) is 1. The molecule has 0 saturated carbocycles. The van der Waals surface area contributed by atoms with E-state index in [4.69, 9.17) is 9.84 Å². The smallest absolute Gasteiger partial charge is 0.410 e. The Morgan fingerprint density at radius 3 is 3.11 bits per heavy atom. The average Bonchev–Trinajstić information content (AvgIpc) is 3.02. The monoisotopic (exact) mass is 282 g/mol. The summed E-state index contributed by atoms with van der Waals surface area (Å²) in [7, 11) is 0. The minimum absolute atomic E-state index is 0.0197. The Kier molecular flexibility index (Phi) is 4.16. The van der Waals surface area contributed by atoms with Gasteiger partial charge in [-0.2, -0.15) is 0 Å². The summed E-state index contributed by atoms with van der Waals surface area (Å²) >= 11 is 1.26. The van der Waals surface area contributed by atoms with E-state index < -0.39 is 12.1 Å². The molecule has 1 aromatic rings. The van der Waals surface area contributed by atoms with Crippen LogP contribution in [-0.2, 0) is 4.74 Å². The van der Waals surface area contributed by atoms with Crippen LogP contribution in [0.3, 0.4) is 0 Å². The SMILES string of the molecule is C=CCOC(=O)N1CCCC1c1nc(C(=O)O)cs1. The number of likely N-dealkylation sites (tertiary alicyclic amines) is 1. The fourth-order valence-electron chi connectivity index (χ4n) is 1.99. The van der Waals surface area contributed by atoms with E-state index in [2.05, 4.69) is 11.6 Å². The van der Waals surface area contributed by atoms with Gasteiger partial charge in [0.1, 0.15) is 11.6 Å². The molecule has 1 saturated heterocycles. The molecule has 0 spiro atoms. The molecule has 102 valence electrons. The van der Waals surface area contributed by atoms with Gasteiger partial charge in [-0.25, -0.2) is 14.6 Å². The number of carboxylic acids is 1. The van der Waals surface area contributed by atoms with Gasteiger partial charge in [-0.1, -0.05) is 12.7 Å². The predicted octanol–water partition coefficient (Wildman–Crippen LogP) is 2.30. The molecule has 0 radical (unpaired) electrons. The molecule has 1 aliphatic heterocycles. The van der Waals surface area contributed by atoms with E-state index in [1.165, 1.54) is 22.8 Å². The molecule has 6 nitrogen and oxygen atoms in total. The van der Waals surface area contributed by atoms with Gasteiger partial charge in [0.2, 0.25) is 0 Å². The fourth-order valence-corrected chi connectivity index (χ4v) is 2.93. The minimum atomic E-state index is -1.05. The first-order valence-electron chi connectivity index (χ1n) is 5.86. The van der Waals surface area contributed by atoms with Gasteiger partial charge >= 0.3 is 12.1 Å². The molecule has 1 unspecified atom stereocenters. The van der Waals surface area contributed by atoms with Crippen molar-refractivity contribution in [3.63, 3.8) is 0 Å². The summed E-state index contributed by atoms with van der Waals surface area (Å²) < 4.78 is 5.01. The van der Waals surface area contributed by atoms with Crippen LogP contribution >= 0.6 is 11.3 Å². The molecule has 1 N–H and O–H groups in total. The third-order valence-corrected chi connectivity index (χ3v) is 3.78. The van der Waals surface area contributed by atoms with E-state index in [-0.39, 0.29) is 18.3 Å². The van der Waals surface area contributed by atoms with Gasteiger partial charge in [0, 0.05) is 11.9 Å². The normalized spacial score (nSPS) is 18.3. The summed E-state index contributed by atoms with van der Waals surface area (Å²) in [5, 5.41) is 11.0. The Bertz CT molecular complexity index is 500. The lowest BCUT2D eigenvalue weighted by Gasteiger charge is -2.21. The van der Waals surface area contributed by atoms with E-state index in [0.717, 1.165) is 12.8 Å². The first kappa shape index (κ1) is 13.5. The Balaban J connectivity index is 2.11. The number of carbonyl (C=O) groups excluding carboxylic acids is 1. The highest BCUT2D eigenvalue weighted by Crippen LogP contribution is 2.34. The van der Waals surface area contributed by atoms with Crippen LogP contribution in [0.2, 0.25) is 0 Å². The first-order valence-corrected chi connectivity index (χ1v) is 6.74. The third-order valence-electron chi connectivity index (χ3n) is 2.84. The number of nitrogens with zero attached hydrogens (tertiary/aromatic N) is 2. The van der Waals surface area contributed by atoms with Gasteiger partial charge in [0.15, 0.2) is 5.69 Å². The fraction of sp³-hybridized carbons (Fsp3) is 0.417. The van der Waals surface area contributed by atoms with Crippen molar-refractivity contribution in [3.8, 4) is 0 Å². The Morgan fingerprint density at radius 1 is 1.68 bits per heavy atom. The maximum absolute atomic E-state index is 11.8. The Morgan fingerprint density at radius 2 is 2.47 bits per heavy atom. The van der Waals surface area contributed by atoms with E-state index >= 15 is 0 Å². The molecule has 1 aliphatic rings. The van der Waals surface area contributed by atoms with E-state index in [1.807, 2.05) is 0 Å². The Labute approximate surface area is 114 Å². The number of aromatic nitrogens is 1. The standard InChI is InChI=1S/C12H14N2O4S/c1-2-6-18-12(17)14-5-3-4-9(14)10-13-8(7-19-10)11(15)16/h2,7,9H,1,3-6H2,(H,15,16). The van der Waals surface area contributed by atoms with Crippen LogP contribution in [0.4, 0.5) is 4.79 Å². The number of hydrogen-bond acceptors (Lipinski definition) is 5. The average molecular weight is 282 g/mol. The second kappa shape index (κ2) is 5.83. The molecule has 2 rings (SSSR count). The lowest BCUT2D eigenvalue weighted by Crippen LogP contribution is -2.31. The zero-order valence-electron chi connectivity index (χ0n) is 10.2. The highest BCUT2D eigenvalue weighted by Gasteiger charge is 2.33. The van der Waals surface area contributed by atoms with Crippen molar-refractivity contribution in [1.82, 2.24) is 9.88 Å². The van der Waals surface area contributed by atoms with Crippen molar-refractivity contribution in [2.75, 3.05) is 13.2 Å². The van der Waals surface area contributed by atoms with Gasteiger partial charge in [0.05, 0.1) is 6.04 Å². The zero-order valence-corrected chi connectivity index (χ0v) is 11.1. The van der Waals surface area contributed by atoms with Crippen molar-refractivity contribution in [2.45, 2.75) is 18.9 Å². The first-order chi connectivity index (χ1) is 9.13. The number of amides is 1. The molecule has 1 atom stereocenters. The van der Waals surface area contributed by atoms with Crippen LogP contribution in [0.25, 0.3) is 0 Å². The third kappa shape index (κ3) is 2.93. The van der Waals surface area contributed by atoms with E-state index in [9.17, 15) is 9.59 Å². The van der Waals surface area contributed by atoms with Crippen LogP contribution in [-0.4, -0.2) is 40.2 Å². The summed E-state index contributed by atoms with van der Waals surface area (Å²) in [6.07, 6.45) is 2.73. The van der Waals surface area contributed by atoms with Crippen LogP contribution < -0.4 is 0 Å². The number of aromatic carboxylic acids is 1. The van der Waals surface area contributed by atoms with Crippen molar-refractivity contribution < 1.29 is 19.4 Å². The zero-order chi connectivity index (χ0) is 13.8. The highest BCUT2D eigenvalue weighted by atomic mass is 32.1. The molecule has 1 fully saturated rings. The number of carboxylic acid groups (broad SMARTS) is 1. The molecule has 7 heteroatoms. The van der Waals surface area contributed by atoms with Gasteiger partial charge in [0.25, 0.3) is 0 Å². The lowest BCUT2D eigenvalue weighted by atomic mass is 10.2.